The highest BCUT2D eigenvalue weighted by atomic mass is 79.9. The maximum Gasteiger partial charge on any atom is 0.0449 e. The van der Waals surface area contributed by atoms with Gasteiger partial charge in [0.1, 0.15) is 0 Å². The number of hydrogen-bond donors (Lipinski definition) is 1. The van der Waals surface area contributed by atoms with Crippen LogP contribution in [0, 0.1) is 11.3 Å². The van der Waals surface area contributed by atoms with Gasteiger partial charge in [-0.05, 0) is 54.8 Å². The Bertz CT molecular complexity index is 411. The molecule has 0 unspecified atom stereocenters. The van der Waals surface area contributed by atoms with Crippen molar-refractivity contribution in [2.24, 2.45) is 17.1 Å². The average molecular weight is 331 g/mol. The molecule has 1 fully saturated rings. The number of halogens is 2. The number of rotatable bonds is 3. The summed E-state index contributed by atoms with van der Waals surface area (Å²) in [6.45, 7) is 3.11. The summed E-state index contributed by atoms with van der Waals surface area (Å²) in [5, 5.41) is 0.857. The Morgan fingerprint density at radius 2 is 2.06 bits per heavy atom. The lowest BCUT2D eigenvalue weighted by Crippen LogP contribution is -2.36. The second-order valence-corrected chi connectivity index (χ2v) is 7.12. The maximum atomic E-state index is 6.33. The molecule has 2 rings (SSSR count). The van der Waals surface area contributed by atoms with Gasteiger partial charge in [0.15, 0.2) is 0 Å². The van der Waals surface area contributed by atoms with E-state index in [0.717, 1.165) is 28.4 Å². The zero-order valence-corrected chi connectivity index (χ0v) is 13.2. The molecule has 0 heterocycles. The molecule has 3 heteroatoms. The highest BCUT2D eigenvalue weighted by molar-refractivity contribution is 9.10. The van der Waals surface area contributed by atoms with Gasteiger partial charge in [-0.3, -0.25) is 0 Å². The first kappa shape index (κ1) is 14.4. The van der Waals surface area contributed by atoms with Gasteiger partial charge in [-0.1, -0.05) is 53.4 Å². The third kappa shape index (κ3) is 3.28. The van der Waals surface area contributed by atoms with Crippen molar-refractivity contribution in [3.63, 3.8) is 0 Å². The Hall–Kier alpha value is -0.0500. The number of benzene rings is 1. The molecule has 1 aliphatic rings. The van der Waals surface area contributed by atoms with E-state index in [0.29, 0.717) is 0 Å². The summed E-state index contributed by atoms with van der Waals surface area (Å²) in [5.41, 5.74) is 7.56. The second-order valence-electron chi connectivity index (χ2n) is 5.80. The first-order chi connectivity index (χ1) is 8.54. The summed E-state index contributed by atoms with van der Waals surface area (Å²) in [5.74, 6) is 0.852. The van der Waals surface area contributed by atoms with Crippen LogP contribution < -0.4 is 5.73 Å². The van der Waals surface area contributed by atoms with Crippen LogP contribution in [0.4, 0.5) is 0 Å². The topological polar surface area (TPSA) is 26.0 Å². The van der Waals surface area contributed by atoms with Gasteiger partial charge >= 0.3 is 0 Å². The molecule has 2 N–H and O–H groups in total. The quantitative estimate of drug-likeness (QED) is 0.846. The summed E-state index contributed by atoms with van der Waals surface area (Å²) < 4.78 is 1.04. The van der Waals surface area contributed by atoms with E-state index in [-0.39, 0.29) is 5.41 Å². The molecule has 1 aliphatic carbocycles. The van der Waals surface area contributed by atoms with Crippen LogP contribution in [0.25, 0.3) is 0 Å². The minimum absolute atomic E-state index is 0.268. The third-order valence-electron chi connectivity index (χ3n) is 4.35. The first-order valence-corrected chi connectivity index (χ1v) is 7.86. The number of nitrogens with two attached hydrogens (primary N) is 1. The fourth-order valence-corrected chi connectivity index (χ4v) is 3.64. The monoisotopic (exact) mass is 329 g/mol. The SMILES string of the molecule is CC1CCC(CN)(Cc2ccc(Br)cc2Cl)CC1. The Morgan fingerprint density at radius 1 is 1.39 bits per heavy atom. The van der Waals surface area contributed by atoms with Crippen molar-refractivity contribution in [3.05, 3.63) is 33.3 Å². The van der Waals surface area contributed by atoms with Crippen molar-refractivity contribution in [3.8, 4) is 0 Å². The zero-order chi connectivity index (χ0) is 13.2. The predicted octanol–water partition coefficient (Wildman–Crippen LogP) is 4.80. The van der Waals surface area contributed by atoms with Crippen LogP contribution in [0.5, 0.6) is 0 Å². The van der Waals surface area contributed by atoms with Crippen LogP contribution >= 0.6 is 27.5 Å². The van der Waals surface area contributed by atoms with Crippen LogP contribution in [-0.4, -0.2) is 6.54 Å². The van der Waals surface area contributed by atoms with Crippen LogP contribution in [0.1, 0.15) is 38.2 Å². The lowest BCUT2D eigenvalue weighted by atomic mass is 9.68. The van der Waals surface area contributed by atoms with Crippen molar-refractivity contribution in [1.29, 1.82) is 0 Å². The van der Waals surface area contributed by atoms with E-state index in [2.05, 4.69) is 35.0 Å². The molecule has 0 aromatic heterocycles. The van der Waals surface area contributed by atoms with Gasteiger partial charge in [0, 0.05) is 9.50 Å². The Balaban J connectivity index is 2.15. The standard InChI is InChI=1S/C15H21BrClN/c1-11-4-6-15(10-18,7-5-11)9-12-2-3-13(16)8-14(12)17/h2-3,8,11H,4-7,9-10,18H2,1H3. The van der Waals surface area contributed by atoms with E-state index in [4.69, 9.17) is 17.3 Å². The Kier molecular flexibility index (Phi) is 4.74. The average Bonchev–Trinajstić information content (AvgIpc) is 2.36. The van der Waals surface area contributed by atoms with Crippen LogP contribution in [0.2, 0.25) is 5.02 Å². The fraction of sp³-hybridized carbons (Fsp3) is 0.600. The summed E-state index contributed by atoms with van der Waals surface area (Å²) in [7, 11) is 0. The molecule has 1 saturated carbocycles. The smallest absolute Gasteiger partial charge is 0.0449 e. The Labute approximate surface area is 123 Å². The first-order valence-electron chi connectivity index (χ1n) is 6.69. The zero-order valence-electron chi connectivity index (χ0n) is 10.9. The van der Waals surface area contributed by atoms with Crippen LogP contribution in [0.3, 0.4) is 0 Å². The third-order valence-corrected chi connectivity index (χ3v) is 5.19. The van der Waals surface area contributed by atoms with E-state index >= 15 is 0 Å². The Morgan fingerprint density at radius 3 is 2.61 bits per heavy atom. The largest absolute Gasteiger partial charge is 0.330 e. The van der Waals surface area contributed by atoms with Crippen molar-refractivity contribution in [1.82, 2.24) is 0 Å². The summed E-state index contributed by atoms with van der Waals surface area (Å²) in [6, 6.07) is 6.17. The van der Waals surface area contributed by atoms with Crippen molar-refractivity contribution in [2.75, 3.05) is 6.54 Å². The molecule has 0 spiro atoms. The van der Waals surface area contributed by atoms with Gasteiger partial charge < -0.3 is 5.73 Å². The molecule has 0 atom stereocenters. The lowest BCUT2D eigenvalue weighted by molar-refractivity contribution is 0.163. The van der Waals surface area contributed by atoms with E-state index in [9.17, 15) is 0 Å². The van der Waals surface area contributed by atoms with Gasteiger partial charge in [0.25, 0.3) is 0 Å². The predicted molar refractivity (Wildman–Crippen MR) is 82.0 cm³/mol. The summed E-state index contributed by atoms with van der Waals surface area (Å²) in [4.78, 5) is 0. The van der Waals surface area contributed by atoms with Crippen LogP contribution in [0.15, 0.2) is 22.7 Å². The molecular formula is C15H21BrClN. The van der Waals surface area contributed by atoms with E-state index in [1.807, 2.05) is 6.07 Å². The van der Waals surface area contributed by atoms with Gasteiger partial charge in [0.05, 0.1) is 0 Å². The maximum absolute atomic E-state index is 6.33. The molecule has 1 nitrogen and oxygen atoms in total. The highest BCUT2D eigenvalue weighted by Crippen LogP contribution is 2.41. The van der Waals surface area contributed by atoms with Crippen molar-refractivity contribution < 1.29 is 0 Å². The summed E-state index contributed by atoms with van der Waals surface area (Å²) in [6.07, 6.45) is 6.08. The van der Waals surface area contributed by atoms with Gasteiger partial charge in [0.2, 0.25) is 0 Å². The molecule has 100 valence electrons. The lowest BCUT2D eigenvalue weighted by Gasteiger charge is -2.39. The fourth-order valence-electron chi connectivity index (χ4n) is 2.90. The van der Waals surface area contributed by atoms with E-state index in [1.165, 1.54) is 31.2 Å². The van der Waals surface area contributed by atoms with E-state index < -0.39 is 0 Å². The molecule has 1 aromatic carbocycles. The molecule has 18 heavy (non-hydrogen) atoms. The minimum Gasteiger partial charge on any atom is -0.330 e. The molecule has 0 bridgehead atoms. The molecular weight excluding hydrogens is 310 g/mol. The molecule has 0 saturated heterocycles. The second kappa shape index (κ2) is 5.94. The van der Waals surface area contributed by atoms with Crippen molar-refractivity contribution in [2.45, 2.75) is 39.0 Å². The van der Waals surface area contributed by atoms with Gasteiger partial charge in [-0.25, -0.2) is 0 Å². The van der Waals surface area contributed by atoms with Crippen LogP contribution in [-0.2, 0) is 6.42 Å². The molecule has 0 radical (unpaired) electrons. The highest BCUT2D eigenvalue weighted by Gasteiger charge is 2.33. The minimum atomic E-state index is 0.268. The van der Waals surface area contributed by atoms with Gasteiger partial charge in [-0.2, -0.15) is 0 Å². The molecule has 0 amide bonds. The molecule has 1 aromatic rings. The number of hydrogen-bond acceptors (Lipinski definition) is 1. The normalized spacial score (nSPS) is 28.3. The van der Waals surface area contributed by atoms with Gasteiger partial charge in [-0.15, -0.1) is 0 Å². The summed E-state index contributed by atoms with van der Waals surface area (Å²) >= 11 is 9.78. The van der Waals surface area contributed by atoms with Crippen molar-refractivity contribution >= 4 is 27.5 Å². The molecule has 0 aliphatic heterocycles. The van der Waals surface area contributed by atoms with E-state index in [1.54, 1.807) is 0 Å².